The van der Waals surface area contributed by atoms with E-state index in [1.165, 1.54) is 23.1 Å². The molecule has 0 aromatic heterocycles. The Labute approximate surface area is 196 Å². The Hall–Kier alpha value is -3.33. The van der Waals surface area contributed by atoms with Gasteiger partial charge in [-0.3, -0.25) is 4.79 Å². The molecule has 7 heteroatoms. The van der Waals surface area contributed by atoms with E-state index in [2.05, 4.69) is 4.85 Å². The van der Waals surface area contributed by atoms with Crippen LogP contribution in [0.15, 0.2) is 72.8 Å². The number of halogens is 2. The van der Waals surface area contributed by atoms with Crippen LogP contribution in [0, 0.1) is 6.57 Å². The minimum Gasteiger partial charge on any atom is -0.480 e. The van der Waals surface area contributed by atoms with Crippen molar-refractivity contribution in [3.05, 3.63) is 111 Å². The maximum absolute atomic E-state index is 13.7. The average Bonchev–Trinajstić information content (AvgIpc) is 2.79. The number of carboxylic acid groups (broad SMARTS) is 1. The molecule has 0 spiro atoms. The first-order valence-electron chi connectivity index (χ1n) is 9.83. The van der Waals surface area contributed by atoms with Crippen LogP contribution in [0.5, 0.6) is 0 Å². The van der Waals surface area contributed by atoms with Gasteiger partial charge in [0, 0.05) is 11.4 Å². The number of carbonyl (C=O) groups excluding carboxylic acids is 1. The van der Waals surface area contributed by atoms with Gasteiger partial charge in [0.2, 0.25) is 0 Å². The molecule has 3 aromatic carbocycles. The molecule has 0 aliphatic rings. The lowest BCUT2D eigenvalue weighted by atomic mass is 9.98. The van der Waals surface area contributed by atoms with Crippen molar-refractivity contribution in [3.63, 3.8) is 0 Å². The molecule has 0 fully saturated rings. The third-order valence-corrected chi connectivity index (χ3v) is 5.74. The first-order chi connectivity index (χ1) is 15.3. The monoisotopic (exact) mass is 466 g/mol. The van der Waals surface area contributed by atoms with Crippen molar-refractivity contribution in [3.8, 4) is 0 Å². The van der Waals surface area contributed by atoms with E-state index in [1.807, 2.05) is 30.3 Å². The Morgan fingerprint density at radius 1 is 1.03 bits per heavy atom. The van der Waals surface area contributed by atoms with Gasteiger partial charge < -0.3 is 10.0 Å². The lowest BCUT2D eigenvalue weighted by Crippen LogP contribution is -2.47. The number of amides is 1. The van der Waals surface area contributed by atoms with Crippen LogP contribution in [0.25, 0.3) is 4.85 Å². The van der Waals surface area contributed by atoms with Gasteiger partial charge in [0.05, 0.1) is 23.2 Å². The Morgan fingerprint density at radius 3 is 2.38 bits per heavy atom. The van der Waals surface area contributed by atoms with Crippen LogP contribution in [-0.4, -0.2) is 27.9 Å². The molecule has 2 atom stereocenters. The summed E-state index contributed by atoms with van der Waals surface area (Å²) in [5.41, 5.74) is 1.99. The normalized spacial score (nSPS) is 12.4. The maximum Gasteiger partial charge on any atom is 0.326 e. The number of hydrogen-bond donors (Lipinski definition) is 1. The van der Waals surface area contributed by atoms with Crippen LogP contribution in [0.3, 0.4) is 0 Å². The van der Waals surface area contributed by atoms with E-state index in [1.54, 1.807) is 31.2 Å². The SMILES string of the molecule is [C-]#[N+]c1cccc(C(C)N(C(=O)c2ccc(Cl)cc2Cl)C(Cc2ccccc2)C(=O)O)c1. The number of benzene rings is 3. The highest BCUT2D eigenvalue weighted by Crippen LogP contribution is 2.31. The quantitative estimate of drug-likeness (QED) is 0.407. The number of aliphatic carboxylic acids is 1. The number of carboxylic acids is 1. The van der Waals surface area contributed by atoms with E-state index < -0.39 is 24.0 Å². The summed E-state index contributed by atoms with van der Waals surface area (Å²) in [6.07, 6.45) is 0.111. The third kappa shape index (κ3) is 5.28. The molecule has 0 saturated carbocycles. The minimum atomic E-state index is -1.16. The Morgan fingerprint density at radius 2 is 1.75 bits per heavy atom. The molecule has 32 heavy (non-hydrogen) atoms. The van der Waals surface area contributed by atoms with Crippen LogP contribution < -0.4 is 0 Å². The van der Waals surface area contributed by atoms with Crippen molar-refractivity contribution in [1.82, 2.24) is 4.90 Å². The number of hydrogen-bond acceptors (Lipinski definition) is 2. The summed E-state index contributed by atoms with van der Waals surface area (Å²) in [6.45, 7) is 9.02. The van der Waals surface area contributed by atoms with Gasteiger partial charge in [0.15, 0.2) is 5.69 Å². The summed E-state index contributed by atoms with van der Waals surface area (Å²) >= 11 is 12.3. The molecule has 1 amide bonds. The molecule has 162 valence electrons. The zero-order chi connectivity index (χ0) is 23.3. The van der Waals surface area contributed by atoms with Gasteiger partial charge in [-0.05, 0) is 36.2 Å². The predicted molar refractivity (Wildman–Crippen MR) is 125 cm³/mol. The molecule has 3 rings (SSSR count). The second-order valence-corrected chi connectivity index (χ2v) is 8.11. The summed E-state index contributed by atoms with van der Waals surface area (Å²) < 4.78 is 0. The number of nitrogens with zero attached hydrogens (tertiary/aromatic N) is 2. The second kappa shape index (κ2) is 10.3. The van der Waals surface area contributed by atoms with Gasteiger partial charge in [-0.15, -0.1) is 0 Å². The van der Waals surface area contributed by atoms with E-state index in [0.717, 1.165) is 5.56 Å². The molecule has 2 unspecified atom stereocenters. The summed E-state index contributed by atoms with van der Waals surface area (Å²) in [7, 11) is 0. The van der Waals surface area contributed by atoms with Crippen LogP contribution in [-0.2, 0) is 11.2 Å². The molecule has 3 aromatic rings. The molecular formula is C25H20Cl2N2O3. The van der Waals surface area contributed by atoms with Crippen LogP contribution in [0.2, 0.25) is 10.0 Å². The van der Waals surface area contributed by atoms with Crippen molar-refractivity contribution < 1.29 is 14.7 Å². The maximum atomic E-state index is 13.7. The molecule has 0 saturated heterocycles. The fourth-order valence-electron chi connectivity index (χ4n) is 3.55. The Balaban J connectivity index is 2.11. The Bertz CT molecular complexity index is 1180. The van der Waals surface area contributed by atoms with Gasteiger partial charge >= 0.3 is 5.97 Å². The molecule has 0 heterocycles. The van der Waals surface area contributed by atoms with E-state index in [4.69, 9.17) is 29.8 Å². The van der Waals surface area contributed by atoms with Gasteiger partial charge in [-0.2, -0.15) is 0 Å². The highest BCUT2D eigenvalue weighted by molar-refractivity contribution is 6.36. The zero-order valence-corrected chi connectivity index (χ0v) is 18.7. The highest BCUT2D eigenvalue weighted by Gasteiger charge is 2.35. The molecule has 0 aliphatic heterocycles. The van der Waals surface area contributed by atoms with Crippen molar-refractivity contribution in [2.24, 2.45) is 0 Å². The molecule has 5 nitrogen and oxygen atoms in total. The van der Waals surface area contributed by atoms with Crippen molar-refractivity contribution in [1.29, 1.82) is 0 Å². The van der Waals surface area contributed by atoms with Gasteiger partial charge in [-0.1, -0.05) is 77.8 Å². The molecule has 1 N–H and O–H groups in total. The summed E-state index contributed by atoms with van der Waals surface area (Å²) in [5.74, 6) is -1.67. The van der Waals surface area contributed by atoms with Crippen LogP contribution >= 0.6 is 23.2 Å². The average molecular weight is 467 g/mol. The highest BCUT2D eigenvalue weighted by atomic mass is 35.5. The van der Waals surface area contributed by atoms with E-state index >= 15 is 0 Å². The van der Waals surface area contributed by atoms with Crippen LogP contribution in [0.1, 0.15) is 34.5 Å². The predicted octanol–water partition coefficient (Wildman–Crippen LogP) is 6.44. The largest absolute Gasteiger partial charge is 0.480 e. The molecule has 0 bridgehead atoms. The van der Waals surface area contributed by atoms with Gasteiger partial charge in [0.1, 0.15) is 6.04 Å². The fourth-order valence-corrected chi connectivity index (χ4v) is 4.04. The molecule has 0 aliphatic carbocycles. The van der Waals surface area contributed by atoms with E-state index in [-0.39, 0.29) is 17.0 Å². The van der Waals surface area contributed by atoms with Gasteiger partial charge in [0.25, 0.3) is 5.91 Å². The van der Waals surface area contributed by atoms with Crippen LogP contribution in [0.4, 0.5) is 5.69 Å². The lowest BCUT2D eigenvalue weighted by molar-refractivity contribution is -0.143. The van der Waals surface area contributed by atoms with Gasteiger partial charge in [-0.25, -0.2) is 9.64 Å². The smallest absolute Gasteiger partial charge is 0.326 e. The standard InChI is InChI=1S/C25H20Cl2N2O3/c1-16(18-9-6-10-20(14-18)28-2)29(24(30)21-12-11-19(26)15-22(21)27)23(25(31)32)13-17-7-4-3-5-8-17/h3-12,14-16,23H,13H2,1H3,(H,31,32). The third-order valence-electron chi connectivity index (χ3n) is 5.19. The molecule has 0 radical (unpaired) electrons. The topological polar surface area (TPSA) is 62.0 Å². The van der Waals surface area contributed by atoms with Crippen molar-refractivity contribution in [2.75, 3.05) is 0 Å². The summed E-state index contributed by atoms with van der Waals surface area (Å²) in [6, 6.07) is 18.6. The summed E-state index contributed by atoms with van der Waals surface area (Å²) in [5, 5.41) is 10.6. The fraction of sp³-hybridized carbons (Fsp3) is 0.160. The lowest BCUT2D eigenvalue weighted by Gasteiger charge is -2.35. The second-order valence-electron chi connectivity index (χ2n) is 7.26. The number of carbonyl (C=O) groups is 2. The van der Waals surface area contributed by atoms with E-state index in [9.17, 15) is 14.7 Å². The Kier molecular flexibility index (Phi) is 7.53. The molecular weight excluding hydrogens is 447 g/mol. The number of rotatable bonds is 7. The summed E-state index contributed by atoms with van der Waals surface area (Å²) in [4.78, 5) is 30.8. The van der Waals surface area contributed by atoms with E-state index in [0.29, 0.717) is 16.3 Å². The van der Waals surface area contributed by atoms with Crippen molar-refractivity contribution in [2.45, 2.75) is 25.4 Å². The zero-order valence-electron chi connectivity index (χ0n) is 17.2. The first-order valence-corrected chi connectivity index (χ1v) is 10.6. The minimum absolute atomic E-state index is 0.111. The first kappa shape index (κ1) is 23.3. The van der Waals surface area contributed by atoms with Crippen molar-refractivity contribution >= 4 is 40.8 Å².